The van der Waals surface area contributed by atoms with Crippen LogP contribution in [0.15, 0.2) is 12.1 Å². The van der Waals surface area contributed by atoms with E-state index in [1.165, 1.54) is 0 Å². The van der Waals surface area contributed by atoms with E-state index in [9.17, 15) is 13.2 Å². The summed E-state index contributed by atoms with van der Waals surface area (Å²) in [5.74, 6) is -2.58. The number of nitrogens with one attached hydrogen (secondary N) is 1. The Labute approximate surface area is 87.3 Å². The molecule has 0 saturated carbocycles. The van der Waals surface area contributed by atoms with Crippen molar-refractivity contribution < 1.29 is 13.2 Å². The van der Waals surface area contributed by atoms with Crippen molar-refractivity contribution in [2.24, 2.45) is 0 Å². The highest BCUT2D eigenvalue weighted by atomic mass is 19.1. The van der Waals surface area contributed by atoms with Gasteiger partial charge >= 0.3 is 0 Å². The molecule has 1 aromatic carbocycles. The van der Waals surface area contributed by atoms with Gasteiger partial charge in [0.05, 0.1) is 0 Å². The van der Waals surface area contributed by atoms with E-state index in [2.05, 4.69) is 5.32 Å². The lowest BCUT2D eigenvalue weighted by Gasteiger charge is -2.12. The first kappa shape index (κ1) is 12.0. The molecule has 84 valence electrons. The number of hydrogen-bond donors (Lipinski definition) is 1. The second kappa shape index (κ2) is 5.16. The summed E-state index contributed by atoms with van der Waals surface area (Å²) < 4.78 is 38.9. The van der Waals surface area contributed by atoms with E-state index in [4.69, 9.17) is 0 Å². The normalized spacial score (nSPS) is 12.9. The summed E-state index contributed by atoms with van der Waals surface area (Å²) in [6, 6.07) is 1.56. The first-order valence-corrected chi connectivity index (χ1v) is 4.91. The highest BCUT2D eigenvalue weighted by Gasteiger charge is 2.11. The van der Waals surface area contributed by atoms with Crippen molar-refractivity contribution in [3.8, 4) is 0 Å². The molecular weight excluding hydrogens is 203 g/mol. The van der Waals surface area contributed by atoms with Crippen molar-refractivity contribution >= 4 is 0 Å². The van der Waals surface area contributed by atoms with Gasteiger partial charge in [-0.15, -0.1) is 0 Å². The zero-order chi connectivity index (χ0) is 11.4. The summed E-state index contributed by atoms with van der Waals surface area (Å²) in [7, 11) is 0. The van der Waals surface area contributed by atoms with Gasteiger partial charge in [-0.3, -0.25) is 0 Å². The molecule has 0 aromatic heterocycles. The van der Waals surface area contributed by atoms with E-state index in [0.717, 1.165) is 6.42 Å². The van der Waals surface area contributed by atoms with E-state index >= 15 is 0 Å². The molecule has 0 heterocycles. The van der Waals surface area contributed by atoms with Crippen LogP contribution < -0.4 is 5.32 Å². The van der Waals surface area contributed by atoms with Crippen LogP contribution in [-0.4, -0.2) is 6.04 Å². The summed E-state index contributed by atoms with van der Waals surface area (Å²) in [6.45, 7) is 3.96. The molecule has 1 aromatic rings. The third kappa shape index (κ3) is 3.23. The standard InChI is InChI=1S/C11H14F3N/c1-3-7(2)15-6-9-10(13)4-8(12)5-11(9)14/h4-5,7,15H,3,6H2,1-2H3. The molecule has 0 aliphatic heterocycles. The molecule has 1 N–H and O–H groups in total. The Bertz CT molecular complexity index is 316. The van der Waals surface area contributed by atoms with Crippen LogP contribution in [0.25, 0.3) is 0 Å². The van der Waals surface area contributed by atoms with Crippen molar-refractivity contribution in [2.45, 2.75) is 32.9 Å². The quantitative estimate of drug-likeness (QED) is 0.817. The molecule has 0 saturated heterocycles. The maximum absolute atomic E-state index is 13.1. The Hall–Kier alpha value is -1.03. The summed E-state index contributed by atoms with van der Waals surface area (Å²) in [5, 5.41) is 2.95. The second-order valence-corrected chi connectivity index (χ2v) is 3.54. The first-order chi connectivity index (χ1) is 7.04. The minimum atomic E-state index is -0.891. The van der Waals surface area contributed by atoms with E-state index < -0.39 is 17.5 Å². The van der Waals surface area contributed by atoms with Crippen LogP contribution in [0.1, 0.15) is 25.8 Å². The molecular formula is C11H14F3N. The van der Waals surface area contributed by atoms with Gasteiger partial charge in [-0.2, -0.15) is 0 Å². The second-order valence-electron chi connectivity index (χ2n) is 3.54. The fourth-order valence-electron chi connectivity index (χ4n) is 1.16. The molecule has 0 radical (unpaired) electrons. The lowest BCUT2D eigenvalue weighted by Crippen LogP contribution is -2.25. The zero-order valence-corrected chi connectivity index (χ0v) is 8.78. The van der Waals surface area contributed by atoms with Crippen molar-refractivity contribution in [3.05, 3.63) is 35.1 Å². The molecule has 0 aliphatic carbocycles. The van der Waals surface area contributed by atoms with Gasteiger partial charge in [0, 0.05) is 30.3 Å². The first-order valence-electron chi connectivity index (χ1n) is 4.91. The van der Waals surface area contributed by atoms with Crippen LogP contribution in [0.2, 0.25) is 0 Å². The van der Waals surface area contributed by atoms with Gasteiger partial charge in [-0.05, 0) is 13.3 Å². The van der Waals surface area contributed by atoms with Gasteiger partial charge in [0.15, 0.2) is 0 Å². The van der Waals surface area contributed by atoms with Crippen LogP contribution in [0.4, 0.5) is 13.2 Å². The zero-order valence-electron chi connectivity index (χ0n) is 8.78. The average Bonchev–Trinajstić information content (AvgIpc) is 2.15. The van der Waals surface area contributed by atoms with Crippen molar-refractivity contribution in [1.29, 1.82) is 0 Å². The molecule has 0 bridgehead atoms. The largest absolute Gasteiger partial charge is 0.310 e. The lowest BCUT2D eigenvalue weighted by molar-refractivity contribution is 0.482. The molecule has 1 rings (SSSR count). The molecule has 0 aliphatic rings. The van der Waals surface area contributed by atoms with Crippen molar-refractivity contribution in [2.75, 3.05) is 0 Å². The fraction of sp³-hybridized carbons (Fsp3) is 0.455. The summed E-state index contributed by atoms with van der Waals surface area (Å²) in [6.07, 6.45) is 0.866. The van der Waals surface area contributed by atoms with Crippen LogP contribution >= 0.6 is 0 Å². The van der Waals surface area contributed by atoms with Gasteiger partial charge in [-0.1, -0.05) is 6.92 Å². The minimum absolute atomic E-state index is 0.0763. The van der Waals surface area contributed by atoms with Gasteiger partial charge < -0.3 is 5.32 Å². The monoisotopic (exact) mass is 217 g/mol. The molecule has 1 atom stereocenters. The lowest BCUT2D eigenvalue weighted by atomic mass is 10.1. The highest BCUT2D eigenvalue weighted by molar-refractivity contribution is 5.20. The SMILES string of the molecule is CCC(C)NCc1c(F)cc(F)cc1F. The summed E-state index contributed by atoms with van der Waals surface area (Å²) in [4.78, 5) is 0. The smallest absolute Gasteiger partial charge is 0.133 e. The Kier molecular flexibility index (Phi) is 4.15. The van der Waals surface area contributed by atoms with E-state index in [0.29, 0.717) is 12.1 Å². The van der Waals surface area contributed by atoms with E-state index in [1.54, 1.807) is 0 Å². The van der Waals surface area contributed by atoms with Crippen LogP contribution in [0, 0.1) is 17.5 Å². The van der Waals surface area contributed by atoms with Gasteiger partial charge in [-0.25, -0.2) is 13.2 Å². The summed E-state index contributed by atoms with van der Waals surface area (Å²) in [5.41, 5.74) is -0.114. The molecule has 0 fully saturated rings. The molecule has 1 nitrogen and oxygen atoms in total. The Balaban J connectivity index is 2.77. The van der Waals surface area contributed by atoms with Crippen LogP contribution in [-0.2, 0) is 6.54 Å². The third-order valence-corrected chi connectivity index (χ3v) is 2.35. The fourth-order valence-corrected chi connectivity index (χ4v) is 1.16. The van der Waals surface area contributed by atoms with Crippen LogP contribution in [0.3, 0.4) is 0 Å². The minimum Gasteiger partial charge on any atom is -0.310 e. The van der Waals surface area contributed by atoms with Gasteiger partial charge in [0.25, 0.3) is 0 Å². The number of hydrogen-bond acceptors (Lipinski definition) is 1. The van der Waals surface area contributed by atoms with E-state index in [-0.39, 0.29) is 18.2 Å². The molecule has 0 spiro atoms. The summed E-state index contributed by atoms with van der Waals surface area (Å²) >= 11 is 0. The third-order valence-electron chi connectivity index (χ3n) is 2.35. The number of rotatable bonds is 4. The predicted molar refractivity (Wildman–Crippen MR) is 52.9 cm³/mol. The molecule has 0 amide bonds. The van der Waals surface area contributed by atoms with Gasteiger partial charge in [0.1, 0.15) is 17.5 Å². The van der Waals surface area contributed by atoms with E-state index in [1.807, 2.05) is 13.8 Å². The topological polar surface area (TPSA) is 12.0 Å². The average molecular weight is 217 g/mol. The van der Waals surface area contributed by atoms with Crippen molar-refractivity contribution in [3.63, 3.8) is 0 Å². The van der Waals surface area contributed by atoms with Crippen molar-refractivity contribution in [1.82, 2.24) is 5.32 Å². The Morgan fingerprint density at radius 2 is 1.73 bits per heavy atom. The predicted octanol–water partition coefficient (Wildman–Crippen LogP) is 2.99. The maximum Gasteiger partial charge on any atom is 0.133 e. The van der Waals surface area contributed by atoms with Crippen LogP contribution in [0.5, 0.6) is 0 Å². The number of benzene rings is 1. The van der Waals surface area contributed by atoms with Gasteiger partial charge in [0.2, 0.25) is 0 Å². The Morgan fingerprint density at radius 1 is 1.20 bits per heavy atom. The molecule has 1 unspecified atom stereocenters. The highest BCUT2D eigenvalue weighted by Crippen LogP contribution is 2.14. The Morgan fingerprint density at radius 3 is 2.20 bits per heavy atom. The number of halogens is 3. The molecule has 4 heteroatoms. The maximum atomic E-state index is 13.1. The molecule has 15 heavy (non-hydrogen) atoms.